The lowest BCUT2D eigenvalue weighted by Gasteiger charge is -2.46. The summed E-state index contributed by atoms with van der Waals surface area (Å²) in [5.74, 6) is -0.944. The molecule has 2 unspecified atom stereocenters. The van der Waals surface area contributed by atoms with Crippen molar-refractivity contribution in [3.63, 3.8) is 0 Å². The summed E-state index contributed by atoms with van der Waals surface area (Å²) in [7, 11) is -1.91. The molecule has 1 aromatic carbocycles. The predicted molar refractivity (Wildman–Crippen MR) is 122 cm³/mol. The van der Waals surface area contributed by atoms with Gasteiger partial charge in [-0.15, -0.1) is 0 Å². The number of thiocarbonyl (C=S) groups is 1. The summed E-state index contributed by atoms with van der Waals surface area (Å²) < 4.78 is 12.1. The van der Waals surface area contributed by atoms with E-state index in [4.69, 9.17) is 26.5 Å². The molecule has 1 saturated heterocycles. The molecule has 2 atom stereocenters. The second-order valence-electron chi connectivity index (χ2n) is 8.54. The van der Waals surface area contributed by atoms with Crippen molar-refractivity contribution in [1.82, 2.24) is 4.90 Å². The summed E-state index contributed by atoms with van der Waals surface area (Å²) in [5.41, 5.74) is 0. The first-order valence-corrected chi connectivity index (χ1v) is 13.7. The minimum Gasteiger partial charge on any atom is -0.480 e. The molecule has 1 heterocycles. The first-order valence-electron chi connectivity index (χ1n) is 9.52. The molecule has 0 aromatic heterocycles. The van der Waals surface area contributed by atoms with E-state index in [1.54, 1.807) is 12.1 Å². The van der Waals surface area contributed by atoms with E-state index in [9.17, 15) is 9.59 Å². The van der Waals surface area contributed by atoms with Gasteiger partial charge >= 0.3 is 5.97 Å². The standard InChI is InChI=1S/C20H29NO5S2Si/c1-20(2,3)29(4,5)25-12-11-15-17(24)21(13-16(22)23)18(15)28-19(27)26-14-9-7-6-8-10-14/h6-10,15,18H,11-13H2,1-5H3,(H,22,23). The van der Waals surface area contributed by atoms with Gasteiger partial charge in [0.1, 0.15) is 12.3 Å². The van der Waals surface area contributed by atoms with Crippen molar-refractivity contribution in [2.75, 3.05) is 13.2 Å². The molecule has 9 heteroatoms. The summed E-state index contributed by atoms with van der Waals surface area (Å²) in [5, 5.41) is 8.85. The number of carbonyl (C=O) groups excluding carboxylic acids is 1. The summed E-state index contributed by atoms with van der Waals surface area (Å²) >= 11 is 6.54. The van der Waals surface area contributed by atoms with Crippen molar-refractivity contribution >= 4 is 48.6 Å². The summed E-state index contributed by atoms with van der Waals surface area (Å²) in [6, 6.07) is 9.14. The maximum absolute atomic E-state index is 12.5. The zero-order chi connectivity index (χ0) is 21.8. The number of β-lactam (4-membered cyclic amide) rings is 1. The number of para-hydroxylation sites is 1. The molecule has 0 radical (unpaired) electrons. The average Bonchev–Trinajstić information content (AvgIpc) is 2.62. The van der Waals surface area contributed by atoms with Gasteiger partial charge in [-0.3, -0.25) is 9.59 Å². The lowest BCUT2D eigenvalue weighted by molar-refractivity contribution is -0.158. The molecule has 6 nitrogen and oxygen atoms in total. The lowest BCUT2D eigenvalue weighted by atomic mass is 9.95. The minimum absolute atomic E-state index is 0.0885. The zero-order valence-electron chi connectivity index (χ0n) is 17.5. The van der Waals surface area contributed by atoms with Crippen LogP contribution in [0.1, 0.15) is 27.2 Å². The molecule has 1 aliphatic rings. The van der Waals surface area contributed by atoms with Crippen molar-refractivity contribution in [2.45, 2.75) is 50.7 Å². The summed E-state index contributed by atoms with van der Waals surface area (Å²) in [4.78, 5) is 25.0. The molecule has 160 valence electrons. The van der Waals surface area contributed by atoms with Crippen molar-refractivity contribution in [1.29, 1.82) is 0 Å². The monoisotopic (exact) mass is 455 g/mol. The van der Waals surface area contributed by atoms with Crippen LogP contribution < -0.4 is 4.74 Å². The highest BCUT2D eigenvalue weighted by atomic mass is 32.2. The number of ether oxygens (including phenoxy) is 1. The number of amides is 1. The highest BCUT2D eigenvalue weighted by molar-refractivity contribution is 8.23. The van der Waals surface area contributed by atoms with Crippen LogP contribution in [0.5, 0.6) is 5.75 Å². The number of carbonyl (C=O) groups is 2. The SMILES string of the molecule is CC(C)(C)[Si](C)(C)OCCC1C(=O)N(CC(=O)O)C1SC(=S)Oc1ccccc1. The molecule has 0 saturated carbocycles. The Hall–Kier alpha value is -1.42. The van der Waals surface area contributed by atoms with Crippen LogP contribution >= 0.6 is 24.0 Å². The number of aliphatic carboxylic acids is 1. The zero-order valence-corrected chi connectivity index (χ0v) is 20.1. The van der Waals surface area contributed by atoms with Crippen molar-refractivity contribution in [3.8, 4) is 5.75 Å². The van der Waals surface area contributed by atoms with Crippen LogP contribution in [0.4, 0.5) is 0 Å². The molecule has 0 aliphatic carbocycles. The lowest BCUT2D eigenvalue weighted by Crippen LogP contribution is -2.61. The second kappa shape index (κ2) is 9.59. The number of thioether (sulfide) groups is 1. The van der Waals surface area contributed by atoms with Crippen LogP contribution in [0, 0.1) is 5.92 Å². The molecule has 1 aromatic rings. The third-order valence-electron chi connectivity index (χ3n) is 5.42. The minimum atomic E-state index is -1.91. The Balaban J connectivity index is 1.99. The van der Waals surface area contributed by atoms with Gasteiger partial charge in [-0.25, -0.2) is 0 Å². The maximum atomic E-state index is 12.5. The largest absolute Gasteiger partial charge is 0.480 e. The third-order valence-corrected chi connectivity index (χ3v) is 11.4. The highest BCUT2D eigenvalue weighted by Crippen LogP contribution is 2.40. The second-order valence-corrected chi connectivity index (χ2v) is 15.1. The van der Waals surface area contributed by atoms with Gasteiger partial charge in [0.05, 0.1) is 11.3 Å². The van der Waals surface area contributed by atoms with Gasteiger partial charge in [-0.05, 0) is 48.9 Å². The Kier molecular flexibility index (Phi) is 7.89. The maximum Gasteiger partial charge on any atom is 0.323 e. The Morgan fingerprint density at radius 2 is 1.90 bits per heavy atom. The number of rotatable bonds is 8. The first kappa shape index (κ1) is 23.9. The smallest absolute Gasteiger partial charge is 0.323 e. The van der Waals surface area contributed by atoms with Crippen molar-refractivity contribution < 1.29 is 23.9 Å². The van der Waals surface area contributed by atoms with Crippen LogP contribution in [-0.2, 0) is 14.0 Å². The van der Waals surface area contributed by atoms with E-state index >= 15 is 0 Å². The number of hydrogen-bond acceptors (Lipinski definition) is 6. The molecule has 0 spiro atoms. The quantitative estimate of drug-likeness (QED) is 0.354. The van der Waals surface area contributed by atoms with Gasteiger partial charge in [0.2, 0.25) is 10.3 Å². The van der Waals surface area contributed by atoms with E-state index in [2.05, 4.69) is 33.9 Å². The van der Waals surface area contributed by atoms with E-state index in [1.165, 1.54) is 16.7 Å². The number of likely N-dealkylation sites (tertiary alicyclic amines) is 1. The van der Waals surface area contributed by atoms with Gasteiger partial charge in [0, 0.05) is 6.61 Å². The van der Waals surface area contributed by atoms with Crippen LogP contribution in [0.2, 0.25) is 18.1 Å². The highest BCUT2D eigenvalue weighted by Gasteiger charge is 2.49. The fraction of sp³-hybridized carbons (Fsp3) is 0.550. The number of benzene rings is 1. The van der Waals surface area contributed by atoms with Gasteiger partial charge in [0.25, 0.3) is 0 Å². The van der Waals surface area contributed by atoms with Gasteiger partial charge < -0.3 is 19.2 Å². The van der Waals surface area contributed by atoms with Crippen LogP contribution in [0.25, 0.3) is 0 Å². The Labute approximate surface area is 183 Å². The number of hydrogen-bond donors (Lipinski definition) is 1. The third kappa shape index (κ3) is 6.28. The molecule has 2 rings (SSSR count). The molecule has 1 fully saturated rings. The normalized spacial score (nSPS) is 19.6. The molecule has 1 aliphatic heterocycles. The van der Waals surface area contributed by atoms with Crippen LogP contribution in [0.3, 0.4) is 0 Å². The molecular weight excluding hydrogens is 426 g/mol. The van der Waals surface area contributed by atoms with Crippen molar-refractivity contribution in [3.05, 3.63) is 30.3 Å². The number of nitrogens with zero attached hydrogens (tertiary/aromatic N) is 1. The topological polar surface area (TPSA) is 76.1 Å². The van der Waals surface area contributed by atoms with Gasteiger partial charge in [0.15, 0.2) is 8.32 Å². The molecule has 29 heavy (non-hydrogen) atoms. The number of carboxylic acid groups (broad SMARTS) is 1. The Morgan fingerprint density at radius 1 is 1.28 bits per heavy atom. The van der Waals surface area contributed by atoms with Crippen molar-refractivity contribution in [2.24, 2.45) is 5.92 Å². The molecule has 1 amide bonds. The van der Waals surface area contributed by atoms with Gasteiger partial charge in [-0.2, -0.15) is 0 Å². The first-order chi connectivity index (χ1) is 13.4. The van der Waals surface area contributed by atoms with E-state index in [-0.39, 0.29) is 33.2 Å². The molecule has 1 N–H and O–H groups in total. The summed E-state index contributed by atoms with van der Waals surface area (Å²) in [6.45, 7) is 11.0. The fourth-order valence-corrected chi connectivity index (χ4v) is 5.20. The average molecular weight is 456 g/mol. The fourth-order valence-electron chi connectivity index (χ4n) is 2.69. The van der Waals surface area contributed by atoms with Gasteiger partial charge in [-0.1, -0.05) is 50.7 Å². The Morgan fingerprint density at radius 3 is 2.45 bits per heavy atom. The van der Waals surface area contributed by atoms with E-state index in [0.717, 1.165) is 0 Å². The number of carboxylic acids is 1. The van der Waals surface area contributed by atoms with E-state index in [0.29, 0.717) is 18.8 Å². The summed E-state index contributed by atoms with van der Waals surface area (Å²) in [6.07, 6.45) is 0.535. The van der Waals surface area contributed by atoms with E-state index in [1.807, 2.05) is 18.2 Å². The van der Waals surface area contributed by atoms with Crippen LogP contribution in [-0.4, -0.2) is 53.1 Å². The van der Waals surface area contributed by atoms with Crippen LogP contribution in [0.15, 0.2) is 30.3 Å². The predicted octanol–water partition coefficient (Wildman–Crippen LogP) is 4.36. The molecular formula is C20H29NO5S2Si. The van der Waals surface area contributed by atoms with E-state index < -0.39 is 14.3 Å². The molecule has 0 bridgehead atoms. The Bertz CT molecular complexity index is 751.